The van der Waals surface area contributed by atoms with Gasteiger partial charge in [-0.3, -0.25) is 14.9 Å². The second-order valence-electron chi connectivity index (χ2n) is 4.75. The third-order valence-corrected chi connectivity index (χ3v) is 2.88. The van der Waals surface area contributed by atoms with Gasteiger partial charge < -0.3 is 15.5 Å². The predicted molar refractivity (Wildman–Crippen MR) is 71.9 cm³/mol. The van der Waals surface area contributed by atoms with E-state index in [2.05, 4.69) is 5.32 Å². The molecule has 0 fully saturated rings. The summed E-state index contributed by atoms with van der Waals surface area (Å²) in [5, 5.41) is 32.4. The van der Waals surface area contributed by atoms with Crippen LogP contribution in [0.25, 0.3) is 0 Å². The Morgan fingerprint density at radius 3 is 2.30 bits per heavy atom. The van der Waals surface area contributed by atoms with Crippen molar-refractivity contribution in [3.63, 3.8) is 0 Å². The fraction of sp³-hybridized carbons (Fsp3) is 0.462. The van der Waals surface area contributed by atoms with Gasteiger partial charge >= 0.3 is 0 Å². The molecule has 1 rings (SSSR count). The highest BCUT2D eigenvalue weighted by Gasteiger charge is 2.23. The van der Waals surface area contributed by atoms with Gasteiger partial charge in [-0.05, 0) is 17.7 Å². The highest BCUT2D eigenvalue weighted by atomic mass is 16.6. The Hall–Kier alpha value is -1.99. The van der Waals surface area contributed by atoms with Gasteiger partial charge in [0.25, 0.3) is 5.69 Å². The van der Waals surface area contributed by atoms with E-state index < -0.39 is 23.7 Å². The van der Waals surface area contributed by atoms with Gasteiger partial charge in [-0.1, -0.05) is 13.8 Å². The number of hydrogen-bond acceptors (Lipinski definition) is 5. The van der Waals surface area contributed by atoms with E-state index in [1.165, 1.54) is 24.3 Å². The Labute approximate surface area is 116 Å². The summed E-state index contributed by atoms with van der Waals surface area (Å²) in [6.45, 7) is 2.96. The van der Waals surface area contributed by atoms with Crippen molar-refractivity contribution in [3.8, 4) is 0 Å². The highest BCUT2D eigenvalue weighted by molar-refractivity contribution is 5.78. The van der Waals surface area contributed by atoms with Crippen LogP contribution in [0.15, 0.2) is 24.3 Å². The predicted octanol–water partition coefficient (Wildman–Crippen LogP) is 0.761. The van der Waals surface area contributed by atoms with Crippen molar-refractivity contribution in [2.75, 3.05) is 6.61 Å². The van der Waals surface area contributed by atoms with E-state index in [1.54, 1.807) is 13.8 Å². The van der Waals surface area contributed by atoms with Crippen LogP contribution in [-0.4, -0.2) is 33.7 Å². The number of hydrogen-bond donors (Lipinski definition) is 3. The molecule has 1 aromatic rings. The standard InChI is InChI=1S/C13H18N2O5/c1-8(2)13(18)14-11(7-16)12(17)9-3-5-10(6-4-9)15(19)20/h3-6,8,11-12,16-17H,7H2,1-2H3,(H,14,18). The van der Waals surface area contributed by atoms with Crippen molar-refractivity contribution in [1.82, 2.24) is 5.32 Å². The van der Waals surface area contributed by atoms with E-state index >= 15 is 0 Å². The molecular formula is C13H18N2O5. The average Bonchev–Trinajstić information content (AvgIpc) is 2.43. The van der Waals surface area contributed by atoms with Crippen molar-refractivity contribution < 1.29 is 19.9 Å². The number of aliphatic hydroxyl groups excluding tert-OH is 2. The monoisotopic (exact) mass is 282 g/mol. The quantitative estimate of drug-likeness (QED) is 0.526. The normalized spacial score (nSPS) is 13.8. The zero-order chi connectivity index (χ0) is 15.3. The summed E-state index contributed by atoms with van der Waals surface area (Å²) in [7, 11) is 0. The maximum absolute atomic E-state index is 11.6. The van der Waals surface area contributed by atoms with E-state index in [4.69, 9.17) is 0 Å². The molecule has 7 heteroatoms. The van der Waals surface area contributed by atoms with Crippen LogP contribution >= 0.6 is 0 Å². The minimum Gasteiger partial charge on any atom is -0.394 e. The lowest BCUT2D eigenvalue weighted by Gasteiger charge is -2.23. The summed E-state index contributed by atoms with van der Waals surface area (Å²) < 4.78 is 0. The zero-order valence-electron chi connectivity index (χ0n) is 11.3. The number of carbonyl (C=O) groups is 1. The smallest absolute Gasteiger partial charge is 0.269 e. The van der Waals surface area contributed by atoms with E-state index in [-0.39, 0.29) is 17.5 Å². The SMILES string of the molecule is CC(C)C(=O)NC(CO)C(O)c1ccc([N+](=O)[O-])cc1. The molecule has 3 N–H and O–H groups in total. The number of nitro benzene ring substituents is 1. The summed E-state index contributed by atoms with van der Waals surface area (Å²) in [6, 6.07) is 4.46. The number of amides is 1. The average molecular weight is 282 g/mol. The molecule has 0 spiro atoms. The molecule has 0 heterocycles. The highest BCUT2D eigenvalue weighted by Crippen LogP contribution is 2.20. The third-order valence-electron chi connectivity index (χ3n) is 2.88. The molecule has 0 saturated carbocycles. The summed E-state index contributed by atoms with van der Waals surface area (Å²) >= 11 is 0. The minimum atomic E-state index is -1.14. The lowest BCUT2D eigenvalue weighted by Crippen LogP contribution is -2.43. The van der Waals surface area contributed by atoms with Crippen LogP contribution in [0, 0.1) is 16.0 Å². The maximum Gasteiger partial charge on any atom is 0.269 e. The Morgan fingerprint density at radius 1 is 1.35 bits per heavy atom. The second kappa shape index (κ2) is 6.97. The van der Waals surface area contributed by atoms with E-state index in [1.807, 2.05) is 0 Å². The molecule has 7 nitrogen and oxygen atoms in total. The van der Waals surface area contributed by atoms with Crippen molar-refractivity contribution in [1.29, 1.82) is 0 Å². The molecule has 0 saturated heterocycles. The number of carbonyl (C=O) groups excluding carboxylic acids is 1. The molecule has 0 radical (unpaired) electrons. The van der Waals surface area contributed by atoms with Crippen LogP contribution < -0.4 is 5.32 Å². The lowest BCUT2D eigenvalue weighted by atomic mass is 10.0. The van der Waals surface area contributed by atoms with Gasteiger partial charge in [-0.25, -0.2) is 0 Å². The van der Waals surface area contributed by atoms with Crippen molar-refractivity contribution >= 4 is 11.6 Å². The molecule has 2 unspecified atom stereocenters. The summed E-state index contributed by atoms with van der Waals surface area (Å²) in [6.07, 6.45) is -1.14. The molecule has 0 aromatic heterocycles. The van der Waals surface area contributed by atoms with Crippen molar-refractivity contribution in [3.05, 3.63) is 39.9 Å². The van der Waals surface area contributed by atoms with E-state index in [0.717, 1.165) is 0 Å². The number of nitro groups is 1. The van der Waals surface area contributed by atoms with Crippen LogP contribution in [0.1, 0.15) is 25.5 Å². The van der Waals surface area contributed by atoms with Gasteiger partial charge in [0.15, 0.2) is 0 Å². The number of rotatable bonds is 6. The number of non-ortho nitro benzene ring substituents is 1. The van der Waals surface area contributed by atoms with Crippen LogP contribution in [0.4, 0.5) is 5.69 Å². The van der Waals surface area contributed by atoms with Gasteiger partial charge in [0.05, 0.1) is 17.6 Å². The Morgan fingerprint density at radius 2 is 1.90 bits per heavy atom. The zero-order valence-corrected chi connectivity index (χ0v) is 11.3. The number of nitrogens with one attached hydrogen (secondary N) is 1. The minimum absolute atomic E-state index is 0.0901. The Balaban J connectivity index is 2.82. The van der Waals surface area contributed by atoms with Gasteiger partial charge in [0.1, 0.15) is 6.10 Å². The second-order valence-corrected chi connectivity index (χ2v) is 4.75. The van der Waals surface area contributed by atoms with Gasteiger partial charge in [0, 0.05) is 18.1 Å². The van der Waals surface area contributed by atoms with Crippen molar-refractivity contribution in [2.24, 2.45) is 5.92 Å². The lowest BCUT2D eigenvalue weighted by molar-refractivity contribution is -0.384. The van der Waals surface area contributed by atoms with Gasteiger partial charge in [-0.15, -0.1) is 0 Å². The third kappa shape index (κ3) is 4.01. The van der Waals surface area contributed by atoms with E-state index in [0.29, 0.717) is 5.56 Å². The summed E-state index contributed by atoms with van der Waals surface area (Å²) in [5.74, 6) is -0.557. The Kier molecular flexibility index (Phi) is 5.60. The Bertz CT molecular complexity index is 472. The van der Waals surface area contributed by atoms with E-state index in [9.17, 15) is 25.1 Å². The first kappa shape index (κ1) is 16.1. The topological polar surface area (TPSA) is 113 Å². The molecule has 2 atom stereocenters. The number of aliphatic hydroxyl groups is 2. The molecule has 110 valence electrons. The van der Waals surface area contributed by atoms with Crippen molar-refractivity contribution in [2.45, 2.75) is 26.0 Å². The molecule has 1 amide bonds. The summed E-state index contributed by atoms with van der Waals surface area (Å²) in [5.41, 5.74) is 0.298. The fourth-order valence-electron chi connectivity index (χ4n) is 1.60. The van der Waals surface area contributed by atoms with Crippen LogP contribution in [0.5, 0.6) is 0 Å². The number of nitrogens with zero attached hydrogens (tertiary/aromatic N) is 1. The maximum atomic E-state index is 11.6. The molecule has 0 bridgehead atoms. The first-order valence-corrected chi connectivity index (χ1v) is 6.20. The molecule has 20 heavy (non-hydrogen) atoms. The summed E-state index contributed by atoms with van der Waals surface area (Å²) in [4.78, 5) is 21.6. The first-order chi connectivity index (χ1) is 9.36. The first-order valence-electron chi connectivity index (χ1n) is 6.20. The molecule has 1 aromatic carbocycles. The molecular weight excluding hydrogens is 264 g/mol. The van der Waals surface area contributed by atoms with Gasteiger partial charge in [0.2, 0.25) is 5.91 Å². The largest absolute Gasteiger partial charge is 0.394 e. The van der Waals surface area contributed by atoms with Gasteiger partial charge in [-0.2, -0.15) is 0 Å². The molecule has 0 aliphatic heterocycles. The van der Waals surface area contributed by atoms with Crippen LogP contribution in [0.2, 0.25) is 0 Å². The number of benzene rings is 1. The van der Waals surface area contributed by atoms with Crippen LogP contribution in [0.3, 0.4) is 0 Å². The molecule has 0 aliphatic rings. The van der Waals surface area contributed by atoms with Crippen LogP contribution in [-0.2, 0) is 4.79 Å². The molecule has 0 aliphatic carbocycles. The fourth-order valence-corrected chi connectivity index (χ4v) is 1.60.